The van der Waals surface area contributed by atoms with Gasteiger partial charge < -0.3 is 10.2 Å². The standard InChI is InChI=1S/C20H23BrFN3O3S/c21-17-7-2-1-6-16(17)20(26)23-10-5-15-29(27,28)25-13-11-24(12-14-25)19-9-4-3-8-18(19)22/h1-4,6-9H,5,10-15H2,(H,23,26). The summed E-state index contributed by atoms with van der Waals surface area (Å²) >= 11 is 3.32. The molecule has 0 aromatic heterocycles. The molecule has 29 heavy (non-hydrogen) atoms. The second-order valence-electron chi connectivity index (χ2n) is 6.74. The van der Waals surface area contributed by atoms with Gasteiger partial charge in [-0.15, -0.1) is 0 Å². The Morgan fingerprint density at radius 3 is 2.38 bits per heavy atom. The van der Waals surface area contributed by atoms with Crippen LogP contribution in [0.2, 0.25) is 0 Å². The minimum absolute atomic E-state index is 0.0388. The van der Waals surface area contributed by atoms with Crippen molar-refractivity contribution in [3.05, 3.63) is 64.4 Å². The minimum Gasteiger partial charge on any atom is -0.367 e. The third-order valence-electron chi connectivity index (χ3n) is 4.81. The lowest BCUT2D eigenvalue weighted by atomic mass is 10.2. The van der Waals surface area contributed by atoms with E-state index in [-0.39, 0.29) is 24.0 Å². The highest BCUT2D eigenvalue weighted by Crippen LogP contribution is 2.21. The lowest BCUT2D eigenvalue weighted by molar-refractivity contribution is 0.0953. The first-order valence-corrected chi connectivity index (χ1v) is 11.8. The van der Waals surface area contributed by atoms with E-state index in [4.69, 9.17) is 0 Å². The molecular formula is C20H23BrFN3O3S. The Morgan fingerprint density at radius 1 is 1.03 bits per heavy atom. The van der Waals surface area contributed by atoms with Gasteiger partial charge in [0.15, 0.2) is 0 Å². The van der Waals surface area contributed by atoms with Gasteiger partial charge >= 0.3 is 0 Å². The number of rotatable bonds is 7. The van der Waals surface area contributed by atoms with Crippen LogP contribution in [-0.4, -0.2) is 57.1 Å². The zero-order chi connectivity index (χ0) is 20.9. The molecule has 0 atom stereocenters. The van der Waals surface area contributed by atoms with Gasteiger partial charge in [0.05, 0.1) is 17.0 Å². The van der Waals surface area contributed by atoms with Gasteiger partial charge in [-0.2, -0.15) is 4.31 Å². The van der Waals surface area contributed by atoms with Crippen LogP contribution in [0.5, 0.6) is 0 Å². The second kappa shape index (κ2) is 9.69. The zero-order valence-electron chi connectivity index (χ0n) is 15.9. The molecule has 1 aliphatic heterocycles. The summed E-state index contributed by atoms with van der Waals surface area (Å²) in [7, 11) is -3.42. The molecular weight excluding hydrogens is 461 g/mol. The summed E-state index contributed by atoms with van der Waals surface area (Å²) < 4.78 is 41.2. The van der Waals surface area contributed by atoms with Crippen molar-refractivity contribution in [1.29, 1.82) is 0 Å². The predicted molar refractivity (Wildman–Crippen MR) is 115 cm³/mol. The number of amides is 1. The summed E-state index contributed by atoms with van der Waals surface area (Å²) in [6.07, 6.45) is 0.325. The van der Waals surface area contributed by atoms with Crippen molar-refractivity contribution < 1.29 is 17.6 Å². The van der Waals surface area contributed by atoms with Crippen molar-refractivity contribution in [3.63, 3.8) is 0 Å². The van der Waals surface area contributed by atoms with E-state index in [1.165, 1.54) is 10.4 Å². The summed E-state index contributed by atoms with van der Waals surface area (Å²) in [5.41, 5.74) is 1.01. The van der Waals surface area contributed by atoms with Crippen LogP contribution in [0.25, 0.3) is 0 Å². The summed E-state index contributed by atoms with van der Waals surface area (Å²) in [4.78, 5) is 14.0. The van der Waals surface area contributed by atoms with Crippen LogP contribution < -0.4 is 10.2 Å². The van der Waals surface area contributed by atoms with Crippen LogP contribution in [0, 0.1) is 5.82 Å². The first kappa shape index (κ1) is 21.7. The fraction of sp³-hybridized carbons (Fsp3) is 0.350. The third-order valence-corrected chi connectivity index (χ3v) is 7.46. The molecule has 6 nitrogen and oxygen atoms in total. The normalized spacial score (nSPS) is 15.3. The summed E-state index contributed by atoms with van der Waals surface area (Å²) in [5.74, 6) is -0.582. The first-order valence-electron chi connectivity index (χ1n) is 9.38. The molecule has 1 aliphatic rings. The maximum atomic E-state index is 13.9. The highest BCUT2D eigenvalue weighted by Gasteiger charge is 2.27. The van der Waals surface area contributed by atoms with E-state index in [2.05, 4.69) is 21.2 Å². The van der Waals surface area contributed by atoms with E-state index in [9.17, 15) is 17.6 Å². The molecule has 1 heterocycles. The Labute approximate surface area is 178 Å². The van der Waals surface area contributed by atoms with E-state index in [1.807, 2.05) is 11.0 Å². The van der Waals surface area contributed by atoms with Gasteiger partial charge in [-0.3, -0.25) is 4.79 Å². The van der Waals surface area contributed by atoms with Crippen LogP contribution >= 0.6 is 15.9 Å². The van der Waals surface area contributed by atoms with Crippen molar-refractivity contribution in [2.45, 2.75) is 6.42 Å². The SMILES string of the molecule is O=C(NCCCS(=O)(=O)N1CCN(c2ccccc2F)CC1)c1ccccc1Br. The molecule has 0 saturated carbocycles. The molecule has 0 aliphatic carbocycles. The van der Waals surface area contributed by atoms with Crippen LogP contribution in [0.3, 0.4) is 0 Å². The number of piperazine rings is 1. The number of nitrogens with zero attached hydrogens (tertiary/aromatic N) is 2. The molecule has 9 heteroatoms. The molecule has 156 valence electrons. The Morgan fingerprint density at radius 2 is 1.69 bits per heavy atom. The molecule has 0 unspecified atom stereocenters. The minimum atomic E-state index is -3.42. The van der Waals surface area contributed by atoms with Gasteiger partial charge in [0.2, 0.25) is 10.0 Å². The number of benzene rings is 2. The largest absolute Gasteiger partial charge is 0.367 e. The molecule has 1 N–H and O–H groups in total. The molecule has 1 fully saturated rings. The average Bonchev–Trinajstić information content (AvgIpc) is 2.72. The van der Waals surface area contributed by atoms with E-state index in [1.54, 1.807) is 36.4 Å². The maximum absolute atomic E-state index is 13.9. The number of halogens is 2. The monoisotopic (exact) mass is 483 g/mol. The van der Waals surface area contributed by atoms with Crippen molar-refractivity contribution in [2.75, 3.05) is 43.4 Å². The van der Waals surface area contributed by atoms with Crippen molar-refractivity contribution in [3.8, 4) is 0 Å². The van der Waals surface area contributed by atoms with Crippen LogP contribution in [-0.2, 0) is 10.0 Å². The smallest absolute Gasteiger partial charge is 0.252 e. The van der Waals surface area contributed by atoms with E-state index in [0.29, 0.717) is 48.3 Å². The van der Waals surface area contributed by atoms with Crippen LogP contribution in [0.15, 0.2) is 53.0 Å². The summed E-state index contributed by atoms with van der Waals surface area (Å²) in [5, 5.41) is 2.75. The number of para-hydroxylation sites is 1. The summed E-state index contributed by atoms with van der Waals surface area (Å²) in [6, 6.07) is 13.6. The predicted octanol–water partition coefficient (Wildman–Crippen LogP) is 2.86. The highest BCUT2D eigenvalue weighted by molar-refractivity contribution is 9.10. The molecule has 2 aromatic rings. The second-order valence-corrected chi connectivity index (χ2v) is 9.69. The van der Waals surface area contributed by atoms with Gasteiger partial charge in [0.25, 0.3) is 5.91 Å². The molecule has 0 bridgehead atoms. The quantitative estimate of drug-likeness (QED) is 0.614. The number of anilines is 1. The maximum Gasteiger partial charge on any atom is 0.252 e. The van der Waals surface area contributed by atoms with Crippen molar-refractivity contribution >= 4 is 37.5 Å². The van der Waals surface area contributed by atoms with Crippen LogP contribution in [0.1, 0.15) is 16.8 Å². The zero-order valence-corrected chi connectivity index (χ0v) is 18.3. The van der Waals surface area contributed by atoms with Gasteiger partial charge in [-0.25, -0.2) is 12.8 Å². The Balaban J connectivity index is 1.45. The molecule has 1 saturated heterocycles. The lowest BCUT2D eigenvalue weighted by Crippen LogP contribution is -2.49. The number of nitrogens with one attached hydrogen (secondary N) is 1. The topological polar surface area (TPSA) is 69.7 Å². The third kappa shape index (κ3) is 5.55. The molecule has 2 aromatic carbocycles. The number of hydrogen-bond acceptors (Lipinski definition) is 4. The molecule has 3 rings (SSSR count). The van der Waals surface area contributed by atoms with Gasteiger partial charge in [-0.1, -0.05) is 24.3 Å². The number of sulfonamides is 1. The van der Waals surface area contributed by atoms with E-state index in [0.717, 1.165) is 0 Å². The average molecular weight is 484 g/mol. The molecule has 1 amide bonds. The highest BCUT2D eigenvalue weighted by atomic mass is 79.9. The fourth-order valence-corrected chi connectivity index (χ4v) is 5.19. The Bertz CT molecular complexity index is 963. The van der Waals surface area contributed by atoms with Gasteiger partial charge in [-0.05, 0) is 46.6 Å². The lowest BCUT2D eigenvalue weighted by Gasteiger charge is -2.35. The Kier molecular flexibility index (Phi) is 7.26. The fourth-order valence-electron chi connectivity index (χ4n) is 3.24. The first-order chi connectivity index (χ1) is 13.9. The van der Waals surface area contributed by atoms with E-state index >= 15 is 0 Å². The van der Waals surface area contributed by atoms with Gasteiger partial charge in [0, 0.05) is 37.2 Å². The number of carbonyl (C=O) groups excluding carboxylic acids is 1. The van der Waals surface area contributed by atoms with E-state index < -0.39 is 10.0 Å². The molecule has 0 spiro atoms. The van der Waals surface area contributed by atoms with Crippen molar-refractivity contribution in [2.24, 2.45) is 0 Å². The number of hydrogen-bond donors (Lipinski definition) is 1. The number of carbonyl (C=O) groups is 1. The molecule has 0 radical (unpaired) electrons. The summed E-state index contributed by atoms with van der Waals surface area (Å²) in [6.45, 7) is 1.80. The van der Waals surface area contributed by atoms with Crippen molar-refractivity contribution in [1.82, 2.24) is 9.62 Å². The Hall–Kier alpha value is -1.97. The van der Waals surface area contributed by atoms with Gasteiger partial charge in [0.1, 0.15) is 5.82 Å². The van der Waals surface area contributed by atoms with Crippen LogP contribution in [0.4, 0.5) is 10.1 Å².